The molecule has 1 atom stereocenters. The molecule has 452 valence electrons. The second-order valence-corrected chi connectivity index (χ2v) is 25.5. The Hall–Kier alpha value is -11.7. The van der Waals surface area contributed by atoms with Crippen molar-refractivity contribution >= 4 is 71.0 Å². The van der Waals surface area contributed by atoms with Crippen molar-refractivity contribution < 1.29 is 13.2 Å². The number of alkyl halides is 3. The molecular formula is C86H57F3N6. The molecule has 3 aliphatic rings. The molecule has 19 rings (SSSR count). The summed E-state index contributed by atoms with van der Waals surface area (Å²) >= 11 is 0. The van der Waals surface area contributed by atoms with Gasteiger partial charge in [0.05, 0.1) is 61.3 Å². The zero-order valence-electron chi connectivity index (χ0n) is 51.7. The predicted molar refractivity (Wildman–Crippen MR) is 380 cm³/mol. The van der Waals surface area contributed by atoms with Crippen molar-refractivity contribution in [1.82, 2.24) is 28.7 Å². The highest BCUT2D eigenvalue weighted by atomic mass is 19.4. The van der Waals surface area contributed by atoms with Gasteiger partial charge in [-0.25, -0.2) is 15.0 Å². The minimum absolute atomic E-state index is 0.247. The van der Waals surface area contributed by atoms with Gasteiger partial charge in [-0.1, -0.05) is 236 Å². The van der Waals surface area contributed by atoms with Crippen molar-refractivity contribution in [2.75, 3.05) is 0 Å². The molecule has 0 fully saturated rings. The Balaban J connectivity index is 1.15. The van der Waals surface area contributed by atoms with Gasteiger partial charge in [0, 0.05) is 55.3 Å². The fourth-order valence-corrected chi connectivity index (χ4v) is 16.5. The molecule has 6 nitrogen and oxygen atoms in total. The third-order valence-electron chi connectivity index (χ3n) is 20.4. The summed E-state index contributed by atoms with van der Waals surface area (Å²) < 4.78 is 55.6. The Labute approximate surface area is 545 Å². The fourth-order valence-electron chi connectivity index (χ4n) is 16.5. The summed E-state index contributed by atoms with van der Waals surface area (Å²) in [5.41, 5.74) is 20.9. The number of fused-ring (bicyclic) bond motifs is 14. The molecule has 0 radical (unpaired) electrons. The van der Waals surface area contributed by atoms with Gasteiger partial charge in [0.1, 0.15) is 0 Å². The van der Waals surface area contributed by atoms with Crippen LogP contribution in [0.1, 0.15) is 70.5 Å². The molecule has 0 aliphatic heterocycles. The number of aromatic nitrogens is 6. The summed E-state index contributed by atoms with van der Waals surface area (Å²) in [6.45, 7) is 2.18. The van der Waals surface area contributed by atoms with Crippen molar-refractivity contribution in [3.63, 3.8) is 0 Å². The number of nitrogens with zero attached hydrogens (tertiary/aromatic N) is 6. The van der Waals surface area contributed by atoms with Gasteiger partial charge >= 0.3 is 6.18 Å². The van der Waals surface area contributed by atoms with Crippen LogP contribution in [0.4, 0.5) is 13.2 Å². The van der Waals surface area contributed by atoms with Crippen LogP contribution in [0.5, 0.6) is 0 Å². The molecule has 1 unspecified atom stereocenters. The van der Waals surface area contributed by atoms with E-state index in [0.29, 0.717) is 35.9 Å². The number of halogens is 3. The highest BCUT2D eigenvalue weighted by molar-refractivity contribution is 6.15. The molecule has 4 heterocycles. The summed E-state index contributed by atoms with van der Waals surface area (Å²) in [5.74, 6) is 0.387. The molecule has 0 saturated heterocycles. The molecule has 9 heteroatoms. The fraction of sp³-hybridized carbons (Fsp3) is 0.0814. The van der Waals surface area contributed by atoms with Gasteiger partial charge in [0.2, 0.25) is 0 Å². The summed E-state index contributed by atoms with van der Waals surface area (Å²) in [6, 6.07) is 94.2. The third-order valence-corrected chi connectivity index (χ3v) is 20.4. The first-order valence-corrected chi connectivity index (χ1v) is 32.6. The number of allylic oxidation sites excluding steroid dienone is 4. The van der Waals surface area contributed by atoms with Crippen LogP contribution in [0.3, 0.4) is 0 Å². The first-order chi connectivity index (χ1) is 46.7. The molecule has 0 amide bonds. The molecule has 3 aliphatic carbocycles. The molecule has 16 aromatic rings. The SMILES string of the molecule is CC1=CC2=C(CC1)c1ccc(C(F)(F)F)cc1C2c1c(CC2c3ccccc3-c3ccccc32)c(-n2c3ccccc3c3ccccc32)c(-c2nc(-c3ccccc3)nc(-c3ccccc3)n2)c(-n2c3ccccc3c3ccccc32)c1-n1c2ccccc2c2ccccc21. The Morgan fingerprint density at radius 3 is 1.25 bits per heavy atom. The summed E-state index contributed by atoms with van der Waals surface area (Å²) in [6.07, 6.45) is -0.485. The lowest BCUT2D eigenvalue weighted by molar-refractivity contribution is -0.137. The number of hydrogen-bond donors (Lipinski definition) is 0. The van der Waals surface area contributed by atoms with E-state index in [1.165, 1.54) is 28.8 Å². The maximum Gasteiger partial charge on any atom is 0.416 e. The average Bonchev–Trinajstić information content (AvgIpc) is 1.60. The summed E-state index contributed by atoms with van der Waals surface area (Å²) in [4.78, 5) is 17.3. The topological polar surface area (TPSA) is 53.5 Å². The van der Waals surface area contributed by atoms with Crippen molar-refractivity contribution in [1.29, 1.82) is 0 Å². The highest BCUT2D eigenvalue weighted by Crippen LogP contribution is 2.60. The molecule has 12 aromatic carbocycles. The second kappa shape index (κ2) is 21.2. The molecule has 0 N–H and O–H groups in total. The van der Waals surface area contributed by atoms with Gasteiger partial charge in [0.25, 0.3) is 0 Å². The second-order valence-electron chi connectivity index (χ2n) is 25.5. The lowest BCUT2D eigenvalue weighted by atomic mass is 9.76. The van der Waals surface area contributed by atoms with Crippen molar-refractivity contribution in [3.8, 4) is 62.4 Å². The molecule has 95 heavy (non-hydrogen) atoms. The normalized spacial score (nSPS) is 14.6. The maximum atomic E-state index is 16.1. The van der Waals surface area contributed by atoms with Crippen LogP contribution in [0.25, 0.3) is 133 Å². The highest BCUT2D eigenvalue weighted by Gasteiger charge is 2.44. The van der Waals surface area contributed by atoms with Crippen molar-refractivity contribution in [2.24, 2.45) is 0 Å². The average molecular weight is 1230 g/mol. The van der Waals surface area contributed by atoms with E-state index in [-0.39, 0.29) is 5.92 Å². The van der Waals surface area contributed by atoms with Crippen LogP contribution in [-0.4, -0.2) is 28.7 Å². The van der Waals surface area contributed by atoms with Crippen LogP contribution in [0, 0.1) is 0 Å². The van der Waals surface area contributed by atoms with Crippen molar-refractivity contribution in [3.05, 3.63) is 329 Å². The number of benzene rings is 12. The Morgan fingerprint density at radius 2 is 0.789 bits per heavy atom. The van der Waals surface area contributed by atoms with Crippen LogP contribution < -0.4 is 0 Å². The molecule has 0 saturated carbocycles. The lowest BCUT2D eigenvalue weighted by Gasteiger charge is -2.34. The van der Waals surface area contributed by atoms with Gasteiger partial charge in [0.15, 0.2) is 17.5 Å². The summed E-state index contributed by atoms with van der Waals surface area (Å²) in [5, 5.41) is 6.23. The zero-order valence-corrected chi connectivity index (χ0v) is 51.7. The number of hydrogen-bond acceptors (Lipinski definition) is 3. The number of para-hydroxylation sites is 6. The Morgan fingerprint density at radius 1 is 0.389 bits per heavy atom. The van der Waals surface area contributed by atoms with Crippen LogP contribution in [0.2, 0.25) is 0 Å². The maximum absolute atomic E-state index is 16.1. The smallest absolute Gasteiger partial charge is 0.308 e. The number of rotatable bonds is 9. The predicted octanol–water partition coefficient (Wildman–Crippen LogP) is 22.2. The van der Waals surface area contributed by atoms with E-state index >= 15 is 13.2 Å². The van der Waals surface area contributed by atoms with E-state index in [9.17, 15) is 0 Å². The minimum Gasteiger partial charge on any atom is -0.308 e. The van der Waals surface area contributed by atoms with Gasteiger partial charge in [-0.2, -0.15) is 13.2 Å². The summed E-state index contributed by atoms with van der Waals surface area (Å²) in [7, 11) is 0. The molecule has 4 aromatic heterocycles. The van der Waals surface area contributed by atoms with Gasteiger partial charge in [-0.05, 0) is 130 Å². The van der Waals surface area contributed by atoms with Crippen LogP contribution in [-0.2, 0) is 12.6 Å². The molecular weight excluding hydrogens is 1170 g/mol. The van der Waals surface area contributed by atoms with Gasteiger partial charge in [-0.3, -0.25) is 0 Å². The van der Waals surface area contributed by atoms with E-state index in [4.69, 9.17) is 15.0 Å². The quantitative estimate of drug-likeness (QED) is 0.145. The molecule has 0 spiro atoms. The van der Waals surface area contributed by atoms with E-state index in [1.54, 1.807) is 6.07 Å². The minimum atomic E-state index is -4.65. The van der Waals surface area contributed by atoms with E-state index in [0.717, 1.165) is 145 Å². The first kappa shape index (κ1) is 55.0. The van der Waals surface area contributed by atoms with Crippen molar-refractivity contribution in [2.45, 2.75) is 44.2 Å². The first-order valence-electron chi connectivity index (χ1n) is 32.6. The van der Waals surface area contributed by atoms with Gasteiger partial charge < -0.3 is 13.7 Å². The zero-order chi connectivity index (χ0) is 63.2. The standard InChI is InChI=1S/C86H57F3N6/c1-51-44-46-59-60-47-45-54(86(87,88)89)49-69(60)77(68(59)48-51)78-70(50-67-57-30-10-8-28-55(57)56-29-9-11-31-58(56)67)80(93-71-38-18-12-32-61(71)62-33-13-19-39-72(62)93)79(85-91-83(52-24-4-2-5-25-52)90-84(92-85)53-26-6-3-7-27-53)82(95-75-42-22-16-36-65(75)66-37-17-23-43-76(66)95)81(78)94-73-40-20-14-34-63(73)64-35-15-21-41-74(64)94/h2-43,45,47-49,67,77H,44,46,50H2,1H3. The lowest BCUT2D eigenvalue weighted by Crippen LogP contribution is -2.21. The van der Waals surface area contributed by atoms with Crippen LogP contribution >= 0.6 is 0 Å². The van der Waals surface area contributed by atoms with Gasteiger partial charge in [-0.15, -0.1) is 0 Å². The Kier molecular flexibility index (Phi) is 12.3. The monoisotopic (exact) mass is 1230 g/mol. The van der Waals surface area contributed by atoms with Crippen LogP contribution in [0.15, 0.2) is 290 Å². The van der Waals surface area contributed by atoms with E-state index < -0.39 is 17.7 Å². The van der Waals surface area contributed by atoms with E-state index in [1.807, 2.05) is 36.4 Å². The third kappa shape index (κ3) is 8.34. The molecule has 0 bridgehead atoms. The largest absolute Gasteiger partial charge is 0.416 e. The Bertz CT molecular complexity index is 5700. The van der Waals surface area contributed by atoms with E-state index in [2.05, 4.69) is 245 Å².